The second kappa shape index (κ2) is 8.20. The van der Waals surface area contributed by atoms with Crippen molar-refractivity contribution in [3.8, 4) is 0 Å². The van der Waals surface area contributed by atoms with Crippen molar-refractivity contribution in [2.45, 2.75) is 39.2 Å². The van der Waals surface area contributed by atoms with E-state index >= 15 is 0 Å². The van der Waals surface area contributed by atoms with Gasteiger partial charge in [-0.2, -0.15) is 0 Å². The molecule has 0 aromatic carbocycles. The average molecular weight is 246 g/mol. The van der Waals surface area contributed by atoms with Crippen molar-refractivity contribution in [1.29, 1.82) is 0 Å². The van der Waals surface area contributed by atoms with Crippen molar-refractivity contribution < 1.29 is 23.8 Å². The molecule has 0 radical (unpaired) electrons. The standard InChI is InChI=1S/C12H22O5/c1-5-17-11(14)8-10(13)9-16-7-6-12(2,3)15-4/h5-9H2,1-4H3. The molecule has 0 N–H and O–H groups in total. The number of methoxy groups -OCH3 is 1. The summed E-state index contributed by atoms with van der Waals surface area (Å²) in [6, 6.07) is 0. The van der Waals surface area contributed by atoms with Crippen LogP contribution in [0.25, 0.3) is 0 Å². The lowest BCUT2D eigenvalue weighted by molar-refractivity contribution is -0.146. The molecule has 0 unspecified atom stereocenters. The fourth-order valence-corrected chi connectivity index (χ4v) is 1.03. The van der Waals surface area contributed by atoms with E-state index in [0.29, 0.717) is 13.0 Å². The van der Waals surface area contributed by atoms with Crippen LogP contribution in [0.2, 0.25) is 0 Å². The predicted molar refractivity (Wildman–Crippen MR) is 62.8 cm³/mol. The van der Waals surface area contributed by atoms with E-state index in [1.807, 2.05) is 13.8 Å². The molecule has 0 spiro atoms. The fraction of sp³-hybridized carbons (Fsp3) is 0.833. The van der Waals surface area contributed by atoms with Crippen molar-refractivity contribution in [2.24, 2.45) is 0 Å². The van der Waals surface area contributed by atoms with Crippen LogP contribution in [0.4, 0.5) is 0 Å². The number of Topliss-reactive ketones (excluding diaryl/α,β-unsaturated/α-hetero) is 1. The van der Waals surface area contributed by atoms with E-state index in [1.165, 1.54) is 0 Å². The molecule has 0 aliphatic rings. The molecule has 0 aliphatic heterocycles. The van der Waals surface area contributed by atoms with Gasteiger partial charge in [0.1, 0.15) is 13.0 Å². The Morgan fingerprint density at radius 2 is 1.88 bits per heavy atom. The molecule has 0 fully saturated rings. The van der Waals surface area contributed by atoms with Gasteiger partial charge in [-0.1, -0.05) is 0 Å². The molecule has 0 rings (SSSR count). The van der Waals surface area contributed by atoms with Gasteiger partial charge in [0.05, 0.1) is 12.2 Å². The van der Waals surface area contributed by atoms with Crippen molar-refractivity contribution in [3.05, 3.63) is 0 Å². The lowest BCUT2D eigenvalue weighted by Crippen LogP contribution is -2.25. The van der Waals surface area contributed by atoms with E-state index in [4.69, 9.17) is 9.47 Å². The summed E-state index contributed by atoms with van der Waals surface area (Å²) >= 11 is 0. The molecule has 17 heavy (non-hydrogen) atoms. The Hall–Kier alpha value is -0.940. The number of carbonyl (C=O) groups excluding carboxylic acids is 2. The number of rotatable bonds is 9. The van der Waals surface area contributed by atoms with E-state index in [0.717, 1.165) is 0 Å². The minimum atomic E-state index is -0.502. The van der Waals surface area contributed by atoms with E-state index in [1.54, 1.807) is 14.0 Å². The van der Waals surface area contributed by atoms with Crippen molar-refractivity contribution in [1.82, 2.24) is 0 Å². The van der Waals surface area contributed by atoms with Crippen LogP contribution < -0.4 is 0 Å². The molecule has 0 saturated heterocycles. The predicted octanol–water partition coefficient (Wildman–Crippen LogP) is 1.34. The molecule has 0 aliphatic carbocycles. The molecule has 5 heteroatoms. The van der Waals surface area contributed by atoms with Crippen molar-refractivity contribution >= 4 is 11.8 Å². The smallest absolute Gasteiger partial charge is 0.313 e. The number of hydrogen-bond donors (Lipinski definition) is 0. The topological polar surface area (TPSA) is 61.8 Å². The van der Waals surface area contributed by atoms with Gasteiger partial charge in [-0.15, -0.1) is 0 Å². The highest BCUT2D eigenvalue weighted by atomic mass is 16.5. The highest BCUT2D eigenvalue weighted by Gasteiger charge is 2.16. The molecule has 0 bridgehead atoms. The third-order valence-electron chi connectivity index (χ3n) is 2.31. The first-order valence-corrected chi connectivity index (χ1v) is 5.71. The van der Waals surface area contributed by atoms with Crippen LogP contribution in [0, 0.1) is 0 Å². The zero-order valence-electron chi connectivity index (χ0n) is 11.1. The average Bonchev–Trinajstić information content (AvgIpc) is 2.25. The number of hydrogen-bond acceptors (Lipinski definition) is 5. The summed E-state index contributed by atoms with van der Waals surface area (Å²) in [6.45, 7) is 6.24. The quantitative estimate of drug-likeness (QED) is 0.349. The maximum Gasteiger partial charge on any atom is 0.313 e. The second-order valence-electron chi connectivity index (χ2n) is 4.29. The molecule has 0 aromatic heterocycles. The Morgan fingerprint density at radius 3 is 2.41 bits per heavy atom. The number of ether oxygens (including phenoxy) is 3. The Balaban J connectivity index is 3.62. The van der Waals surface area contributed by atoms with Crippen molar-refractivity contribution in [3.63, 3.8) is 0 Å². The largest absolute Gasteiger partial charge is 0.466 e. The molecular weight excluding hydrogens is 224 g/mol. The number of esters is 1. The number of ketones is 1. The first kappa shape index (κ1) is 16.1. The molecule has 0 saturated carbocycles. The maximum absolute atomic E-state index is 11.3. The molecule has 0 amide bonds. The van der Waals surface area contributed by atoms with E-state index in [9.17, 15) is 9.59 Å². The van der Waals surface area contributed by atoms with Crippen LogP contribution in [-0.4, -0.2) is 44.3 Å². The first-order chi connectivity index (χ1) is 7.91. The van der Waals surface area contributed by atoms with Gasteiger partial charge in [0.15, 0.2) is 5.78 Å². The van der Waals surface area contributed by atoms with Crippen molar-refractivity contribution in [2.75, 3.05) is 26.9 Å². The van der Waals surface area contributed by atoms with Gasteiger partial charge in [-0.05, 0) is 27.2 Å². The Labute approximate surface area is 102 Å². The summed E-state index contributed by atoms with van der Waals surface area (Å²) in [5.74, 6) is -0.767. The summed E-state index contributed by atoms with van der Waals surface area (Å²) in [5, 5.41) is 0. The third-order valence-corrected chi connectivity index (χ3v) is 2.31. The van der Waals surface area contributed by atoms with E-state index in [2.05, 4.69) is 4.74 Å². The van der Waals surface area contributed by atoms with Gasteiger partial charge >= 0.3 is 5.97 Å². The highest BCUT2D eigenvalue weighted by Crippen LogP contribution is 2.12. The maximum atomic E-state index is 11.3. The Kier molecular flexibility index (Phi) is 7.74. The van der Waals surface area contributed by atoms with Gasteiger partial charge < -0.3 is 14.2 Å². The second-order valence-corrected chi connectivity index (χ2v) is 4.29. The normalized spacial score (nSPS) is 11.3. The van der Waals surface area contributed by atoms with Crippen LogP contribution in [0.15, 0.2) is 0 Å². The van der Waals surface area contributed by atoms with Crippen LogP contribution in [-0.2, 0) is 23.8 Å². The van der Waals surface area contributed by atoms with Gasteiger partial charge in [-0.25, -0.2) is 0 Å². The molecule has 5 nitrogen and oxygen atoms in total. The van der Waals surface area contributed by atoms with Gasteiger partial charge in [-0.3, -0.25) is 9.59 Å². The Morgan fingerprint density at radius 1 is 1.24 bits per heavy atom. The fourth-order valence-electron chi connectivity index (χ4n) is 1.03. The van der Waals surface area contributed by atoms with Crippen LogP contribution in [0.5, 0.6) is 0 Å². The zero-order chi connectivity index (χ0) is 13.3. The van der Waals surface area contributed by atoms with E-state index in [-0.39, 0.29) is 31.0 Å². The third kappa shape index (κ3) is 8.83. The van der Waals surface area contributed by atoms with E-state index < -0.39 is 5.97 Å². The van der Waals surface area contributed by atoms with Crippen LogP contribution >= 0.6 is 0 Å². The monoisotopic (exact) mass is 246 g/mol. The molecule has 100 valence electrons. The zero-order valence-corrected chi connectivity index (χ0v) is 11.1. The lowest BCUT2D eigenvalue weighted by Gasteiger charge is -2.22. The van der Waals surface area contributed by atoms with Gasteiger partial charge in [0.2, 0.25) is 0 Å². The molecular formula is C12H22O5. The van der Waals surface area contributed by atoms with Crippen LogP contribution in [0.1, 0.15) is 33.6 Å². The summed E-state index contributed by atoms with van der Waals surface area (Å²) in [4.78, 5) is 22.2. The molecule has 0 heterocycles. The Bertz CT molecular complexity index is 247. The highest BCUT2D eigenvalue weighted by molar-refractivity contribution is 5.96. The molecule has 0 aromatic rings. The van der Waals surface area contributed by atoms with Gasteiger partial charge in [0.25, 0.3) is 0 Å². The minimum absolute atomic E-state index is 0.0569. The van der Waals surface area contributed by atoms with Gasteiger partial charge in [0, 0.05) is 13.7 Å². The minimum Gasteiger partial charge on any atom is -0.466 e. The van der Waals surface area contributed by atoms with Crippen LogP contribution in [0.3, 0.4) is 0 Å². The summed E-state index contributed by atoms with van der Waals surface area (Å²) in [5.41, 5.74) is -0.260. The summed E-state index contributed by atoms with van der Waals surface area (Å²) < 4.78 is 15.0. The summed E-state index contributed by atoms with van der Waals surface area (Å²) in [7, 11) is 1.63. The lowest BCUT2D eigenvalue weighted by atomic mass is 10.1. The number of carbonyl (C=O) groups is 2. The SMILES string of the molecule is CCOC(=O)CC(=O)COCCC(C)(C)OC. The first-order valence-electron chi connectivity index (χ1n) is 5.71. The molecule has 0 atom stereocenters. The summed E-state index contributed by atoms with van der Waals surface area (Å²) in [6.07, 6.45) is 0.470.